The highest BCUT2D eigenvalue weighted by Gasteiger charge is 2.27. The van der Waals surface area contributed by atoms with Crippen molar-refractivity contribution in [1.29, 1.82) is 0 Å². The molecule has 4 heterocycles. The Kier molecular flexibility index (Phi) is 3.83. The highest BCUT2D eigenvalue weighted by molar-refractivity contribution is 5.90. The van der Waals surface area contributed by atoms with Crippen molar-refractivity contribution in [2.75, 3.05) is 6.54 Å². The number of fused-ring (bicyclic) bond motifs is 2. The third kappa shape index (κ3) is 2.62. The van der Waals surface area contributed by atoms with Gasteiger partial charge in [0, 0.05) is 47.2 Å². The third-order valence-corrected chi connectivity index (χ3v) is 5.26. The zero-order chi connectivity index (χ0) is 19.1. The zero-order valence-corrected chi connectivity index (χ0v) is 15.3. The maximum absolute atomic E-state index is 12.2. The van der Waals surface area contributed by atoms with Gasteiger partial charge in [0.15, 0.2) is 0 Å². The molecule has 0 unspecified atom stereocenters. The van der Waals surface area contributed by atoms with Crippen LogP contribution in [-0.4, -0.2) is 37.1 Å². The van der Waals surface area contributed by atoms with Gasteiger partial charge in [-0.25, -0.2) is 0 Å². The van der Waals surface area contributed by atoms with E-state index >= 15 is 0 Å². The molecule has 6 heteroatoms. The number of hydrogen-bond donors (Lipinski definition) is 1. The van der Waals surface area contributed by atoms with Crippen LogP contribution in [0.2, 0.25) is 0 Å². The monoisotopic (exact) mass is 369 g/mol. The first-order valence-electron chi connectivity index (χ1n) is 9.23. The average molecular weight is 369 g/mol. The summed E-state index contributed by atoms with van der Waals surface area (Å²) >= 11 is 0. The van der Waals surface area contributed by atoms with Crippen molar-refractivity contribution in [3.05, 3.63) is 73.3 Å². The maximum Gasteiger partial charge on any atom is 0.246 e. The summed E-state index contributed by atoms with van der Waals surface area (Å²) in [5.74, 6) is -0.0524. The molecule has 1 aromatic carbocycles. The molecule has 4 aromatic rings. The van der Waals surface area contributed by atoms with Gasteiger partial charge in [-0.1, -0.05) is 12.6 Å². The summed E-state index contributed by atoms with van der Waals surface area (Å²) in [7, 11) is 0. The zero-order valence-electron chi connectivity index (χ0n) is 15.3. The number of benzene rings is 1. The Morgan fingerprint density at radius 2 is 1.96 bits per heavy atom. The molecule has 0 spiro atoms. The van der Waals surface area contributed by atoms with Crippen LogP contribution in [0, 0.1) is 0 Å². The summed E-state index contributed by atoms with van der Waals surface area (Å²) < 4.78 is 2.03. The molecular formula is C22H19N5O. The third-order valence-electron chi connectivity index (χ3n) is 5.26. The van der Waals surface area contributed by atoms with E-state index in [0.29, 0.717) is 19.6 Å². The lowest BCUT2D eigenvalue weighted by Crippen LogP contribution is -2.37. The lowest BCUT2D eigenvalue weighted by Gasteiger charge is -2.27. The van der Waals surface area contributed by atoms with Crippen molar-refractivity contribution >= 4 is 16.8 Å². The van der Waals surface area contributed by atoms with Crippen LogP contribution < -0.4 is 0 Å². The van der Waals surface area contributed by atoms with E-state index in [1.165, 1.54) is 6.08 Å². The van der Waals surface area contributed by atoms with E-state index in [1.807, 2.05) is 27.9 Å². The second-order valence-corrected chi connectivity index (χ2v) is 6.87. The van der Waals surface area contributed by atoms with Gasteiger partial charge in [-0.05, 0) is 42.0 Å². The summed E-state index contributed by atoms with van der Waals surface area (Å²) in [6.07, 6.45) is 6.89. The normalized spacial score (nSPS) is 13.5. The molecule has 138 valence electrons. The van der Waals surface area contributed by atoms with Crippen LogP contribution in [0.1, 0.15) is 5.69 Å². The number of rotatable bonds is 3. The van der Waals surface area contributed by atoms with E-state index in [1.54, 1.807) is 12.4 Å². The van der Waals surface area contributed by atoms with E-state index in [2.05, 4.69) is 40.8 Å². The molecule has 1 amide bonds. The molecule has 0 atom stereocenters. The molecule has 0 bridgehead atoms. The number of pyridine rings is 1. The Balaban J connectivity index is 1.70. The van der Waals surface area contributed by atoms with Gasteiger partial charge in [0.25, 0.3) is 0 Å². The Morgan fingerprint density at radius 3 is 2.79 bits per heavy atom. The molecule has 1 aliphatic rings. The highest BCUT2D eigenvalue weighted by Crippen LogP contribution is 2.37. The lowest BCUT2D eigenvalue weighted by molar-refractivity contribution is -0.127. The number of hydrogen-bond acceptors (Lipinski definition) is 3. The molecule has 28 heavy (non-hydrogen) atoms. The molecule has 1 N–H and O–H groups in total. The van der Waals surface area contributed by atoms with E-state index in [4.69, 9.17) is 5.10 Å². The van der Waals surface area contributed by atoms with Gasteiger partial charge in [-0.2, -0.15) is 5.10 Å². The summed E-state index contributed by atoms with van der Waals surface area (Å²) in [6, 6.07) is 12.4. The van der Waals surface area contributed by atoms with E-state index in [9.17, 15) is 4.79 Å². The van der Waals surface area contributed by atoms with Gasteiger partial charge in [-0.3, -0.25) is 14.5 Å². The lowest BCUT2D eigenvalue weighted by atomic mass is 9.98. The minimum Gasteiger partial charge on any atom is -0.361 e. The first-order chi connectivity index (χ1) is 13.7. The standard InChI is InChI=1S/C22H19N5O/c1-2-20(28)26-11-12-27-19(14-26)21(15-5-8-23-9-6-15)22(25-27)17-3-4-18-16(13-17)7-10-24-18/h2-10,13,24H,1,11-12,14H2. The molecule has 3 aromatic heterocycles. The van der Waals surface area contributed by atoms with Gasteiger partial charge in [0.05, 0.1) is 18.8 Å². The summed E-state index contributed by atoms with van der Waals surface area (Å²) in [6.45, 7) is 5.44. The predicted octanol–water partition coefficient (Wildman–Crippen LogP) is 3.62. The molecule has 0 radical (unpaired) electrons. The van der Waals surface area contributed by atoms with Crippen LogP contribution in [0.25, 0.3) is 33.3 Å². The fraction of sp³-hybridized carbons (Fsp3) is 0.136. The number of nitrogens with one attached hydrogen (secondary N) is 1. The predicted molar refractivity (Wildman–Crippen MR) is 108 cm³/mol. The van der Waals surface area contributed by atoms with Crippen molar-refractivity contribution in [2.24, 2.45) is 0 Å². The Bertz CT molecular complexity index is 1190. The molecule has 0 aliphatic carbocycles. The van der Waals surface area contributed by atoms with Crippen LogP contribution in [-0.2, 0) is 17.9 Å². The van der Waals surface area contributed by atoms with Crippen molar-refractivity contribution in [2.45, 2.75) is 13.1 Å². The number of amides is 1. The molecule has 1 aliphatic heterocycles. The van der Waals surface area contributed by atoms with Crippen molar-refractivity contribution in [3.63, 3.8) is 0 Å². The molecule has 0 saturated heterocycles. The highest BCUT2D eigenvalue weighted by atomic mass is 16.2. The molecular weight excluding hydrogens is 350 g/mol. The summed E-state index contributed by atoms with van der Waals surface area (Å²) in [4.78, 5) is 21.4. The van der Waals surface area contributed by atoms with E-state index in [-0.39, 0.29) is 5.91 Å². The smallest absolute Gasteiger partial charge is 0.246 e. The molecule has 5 rings (SSSR count). The minimum atomic E-state index is -0.0524. The first-order valence-corrected chi connectivity index (χ1v) is 9.23. The van der Waals surface area contributed by atoms with E-state index in [0.717, 1.165) is 39.0 Å². The topological polar surface area (TPSA) is 66.8 Å². The van der Waals surface area contributed by atoms with Gasteiger partial charge in [0.1, 0.15) is 5.69 Å². The number of carbonyl (C=O) groups is 1. The van der Waals surface area contributed by atoms with Crippen molar-refractivity contribution in [3.8, 4) is 22.4 Å². The Hall–Kier alpha value is -3.67. The van der Waals surface area contributed by atoms with Crippen molar-refractivity contribution < 1.29 is 4.79 Å². The fourth-order valence-electron chi connectivity index (χ4n) is 3.86. The fourth-order valence-corrected chi connectivity index (χ4v) is 3.86. The van der Waals surface area contributed by atoms with Gasteiger partial charge < -0.3 is 9.88 Å². The summed E-state index contributed by atoms with van der Waals surface area (Å²) in [5.41, 5.74) is 6.23. The first kappa shape index (κ1) is 16.5. The number of carbonyl (C=O) groups excluding carboxylic acids is 1. The Labute approximate surface area is 162 Å². The molecule has 0 saturated carbocycles. The average Bonchev–Trinajstić information content (AvgIpc) is 3.37. The number of aromatic nitrogens is 4. The largest absolute Gasteiger partial charge is 0.361 e. The van der Waals surface area contributed by atoms with Crippen LogP contribution in [0.4, 0.5) is 0 Å². The van der Waals surface area contributed by atoms with Crippen LogP contribution in [0.3, 0.4) is 0 Å². The second kappa shape index (κ2) is 6.49. The van der Waals surface area contributed by atoms with Gasteiger partial charge in [0.2, 0.25) is 5.91 Å². The number of aromatic amines is 1. The van der Waals surface area contributed by atoms with Crippen molar-refractivity contribution in [1.82, 2.24) is 24.6 Å². The molecule has 6 nitrogen and oxygen atoms in total. The van der Waals surface area contributed by atoms with Gasteiger partial charge in [-0.15, -0.1) is 0 Å². The van der Waals surface area contributed by atoms with Crippen LogP contribution >= 0.6 is 0 Å². The maximum atomic E-state index is 12.2. The Morgan fingerprint density at radius 1 is 1.11 bits per heavy atom. The second-order valence-electron chi connectivity index (χ2n) is 6.87. The minimum absolute atomic E-state index is 0.0524. The van der Waals surface area contributed by atoms with Gasteiger partial charge >= 0.3 is 0 Å². The SMILES string of the molecule is C=CC(=O)N1CCn2nc(-c3ccc4[nH]ccc4c3)c(-c3ccncc3)c2C1. The van der Waals surface area contributed by atoms with Crippen LogP contribution in [0.5, 0.6) is 0 Å². The number of nitrogens with zero attached hydrogens (tertiary/aromatic N) is 4. The number of H-pyrrole nitrogens is 1. The quantitative estimate of drug-likeness (QED) is 0.561. The summed E-state index contributed by atoms with van der Waals surface area (Å²) in [5, 5.41) is 6.08. The molecule has 0 fully saturated rings. The van der Waals surface area contributed by atoms with E-state index < -0.39 is 0 Å². The van der Waals surface area contributed by atoms with Crippen LogP contribution in [0.15, 0.2) is 67.6 Å².